The lowest BCUT2D eigenvalue weighted by atomic mass is 10.1. The molecule has 1 fully saturated rings. The van der Waals surface area contributed by atoms with Crippen LogP contribution in [0, 0.1) is 0 Å². The van der Waals surface area contributed by atoms with Crippen molar-refractivity contribution in [3.05, 3.63) is 150 Å². The molecule has 0 saturated carbocycles. The monoisotopic (exact) mass is 664 g/mol. The van der Waals surface area contributed by atoms with Gasteiger partial charge in [0.15, 0.2) is 0 Å². The van der Waals surface area contributed by atoms with Crippen LogP contribution >= 0.6 is 11.8 Å². The van der Waals surface area contributed by atoms with Gasteiger partial charge in [-0.1, -0.05) is 84.9 Å². The molecule has 0 aliphatic carbocycles. The van der Waals surface area contributed by atoms with Crippen LogP contribution in [0.2, 0.25) is 0 Å². The zero-order chi connectivity index (χ0) is 32.6. The molecule has 2 heterocycles. The smallest absolute Gasteiger partial charge is 0.412 e. The Morgan fingerprint density at radius 3 is 2.11 bits per heavy atom. The van der Waals surface area contributed by atoms with Crippen molar-refractivity contribution in [3.63, 3.8) is 0 Å². The second-order valence-electron chi connectivity index (χ2n) is 10.8. The predicted octanol–water partition coefficient (Wildman–Crippen LogP) is 6.62. The number of thioether (sulfide) groups is 1. The highest BCUT2D eigenvalue weighted by molar-refractivity contribution is 7.99. The Labute approximate surface area is 278 Å². The van der Waals surface area contributed by atoms with E-state index in [4.69, 9.17) is 4.74 Å². The van der Waals surface area contributed by atoms with Crippen LogP contribution < -0.4 is 10.0 Å². The highest BCUT2D eigenvalue weighted by Gasteiger charge is 2.43. The molecule has 2 N–H and O–H groups in total. The molecule has 9 nitrogen and oxygen atoms in total. The number of amides is 2. The molecule has 238 valence electrons. The molecule has 0 spiro atoms. The molecule has 6 rings (SSSR count). The molecule has 1 aliphatic rings. The Hall–Kier alpha value is -4.97. The summed E-state index contributed by atoms with van der Waals surface area (Å²) in [5.74, 6) is 0.0314. The standard InChI is InChI=1S/C36H32N4O5S2/c41-34(33-25-46-35(30-19-21-37-22-20-30)40(33)36(42)45-24-27-7-3-1-4-8-27)39-31-15-11-26(12-16-31)23-38-47(43,44)32-17-13-29(14-18-32)28-9-5-2-6-10-28/h1-22,33,35,38H,23-25H2,(H,39,41)/t33-,35?/m0/s1. The Morgan fingerprint density at radius 2 is 1.43 bits per heavy atom. The van der Waals surface area contributed by atoms with E-state index >= 15 is 0 Å². The van der Waals surface area contributed by atoms with E-state index < -0.39 is 27.5 Å². The average molecular weight is 665 g/mol. The molecule has 47 heavy (non-hydrogen) atoms. The third kappa shape index (κ3) is 7.89. The first-order valence-corrected chi connectivity index (χ1v) is 17.5. The molecule has 2 atom stereocenters. The minimum atomic E-state index is -3.74. The van der Waals surface area contributed by atoms with Gasteiger partial charge in [0.2, 0.25) is 15.9 Å². The fourth-order valence-corrected chi connectivity index (χ4v) is 7.60. The number of carbonyl (C=O) groups is 2. The van der Waals surface area contributed by atoms with E-state index in [1.54, 1.807) is 60.9 Å². The number of anilines is 1. The lowest BCUT2D eigenvalue weighted by Gasteiger charge is -2.28. The highest BCUT2D eigenvalue weighted by atomic mass is 32.2. The maximum Gasteiger partial charge on any atom is 0.412 e. The van der Waals surface area contributed by atoms with E-state index in [1.807, 2.05) is 72.8 Å². The number of hydrogen-bond donors (Lipinski definition) is 2. The van der Waals surface area contributed by atoms with Crippen LogP contribution in [0.1, 0.15) is 22.1 Å². The van der Waals surface area contributed by atoms with Crippen molar-refractivity contribution in [3.8, 4) is 11.1 Å². The maximum atomic E-state index is 13.5. The summed E-state index contributed by atoms with van der Waals surface area (Å²) in [6, 6.07) is 35.6. The van der Waals surface area contributed by atoms with E-state index in [0.717, 1.165) is 22.3 Å². The van der Waals surface area contributed by atoms with Crippen molar-refractivity contribution >= 4 is 39.5 Å². The van der Waals surface area contributed by atoms with Gasteiger partial charge in [0.25, 0.3) is 0 Å². The second kappa shape index (κ2) is 14.6. The maximum absolute atomic E-state index is 13.5. The topological polar surface area (TPSA) is 118 Å². The number of pyridine rings is 1. The fourth-order valence-electron chi connectivity index (χ4n) is 5.16. The number of rotatable bonds is 10. The number of nitrogens with zero attached hydrogens (tertiary/aromatic N) is 2. The molecule has 1 unspecified atom stereocenters. The quantitative estimate of drug-likeness (QED) is 0.172. The van der Waals surface area contributed by atoms with Gasteiger partial charge in [-0.05, 0) is 64.2 Å². The SMILES string of the molecule is O=C(Nc1ccc(CNS(=O)(=O)c2ccc(-c3ccccc3)cc2)cc1)[C@@H]1CSC(c2ccncc2)N1C(=O)OCc1ccccc1. The van der Waals surface area contributed by atoms with Gasteiger partial charge in [-0.25, -0.2) is 17.9 Å². The Morgan fingerprint density at radius 1 is 0.787 bits per heavy atom. The van der Waals surface area contributed by atoms with Gasteiger partial charge in [-0.3, -0.25) is 14.7 Å². The van der Waals surface area contributed by atoms with E-state index in [0.29, 0.717) is 17.0 Å². The summed E-state index contributed by atoms with van der Waals surface area (Å²) < 4.78 is 34.2. The first kappa shape index (κ1) is 32.0. The van der Waals surface area contributed by atoms with Crippen LogP contribution in [0.4, 0.5) is 10.5 Å². The summed E-state index contributed by atoms with van der Waals surface area (Å²) >= 11 is 1.48. The van der Waals surface area contributed by atoms with Crippen LogP contribution in [-0.2, 0) is 32.7 Å². The molecular formula is C36H32N4O5S2. The van der Waals surface area contributed by atoms with E-state index in [1.165, 1.54) is 16.7 Å². The number of aromatic nitrogens is 1. The van der Waals surface area contributed by atoms with Crippen LogP contribution in [0.25, 0.3) is 11.1 Å². The number of carbonyl (C=O) groups excluding carboxylic acids is 2. The number of ether oxygens (including phenoxy) is 1. The van der Waals surface area contributed by atoms with E-state index in [9.17, 15) is 18.0 Å². The molecule has 2 amide bonds. The lowest BCUT2D eigenvalue weighted by Crippen LogP contribution is -2.45. The van der Waals surface area contributed by atoms with Gasteiger partial charge in [0, 0.05) is 30.4 Å². The van der Waals surface area contributed by atoms with Crippen molar-refractivity contribution in [1.29, 1.82) is 0 Å². The minimum absolute atomic E-state index is 0.0743. The summed E-state index contributed by atoms with van der Waals surface area (Å²) in [5.41, 5.74) is 4.86. The highest BCUT2D eigenvalue weighted by Crippen LogP contribution is 2.42. The van der Waals surface area contributed by atoms with Crippen molar-refractivity contribution in [2.24, 2.45) is 0 Å². The number of hydrogen-bond acceptors (Lipinski definition) is 7. The van der Waals surface area contributed by atoms with Gasteiger partial charge < -0.3 is 10.1 Å². The molecular weight excluding hydrogens is 633 g/mol. The van der Waals surface area contributed by atoms with Crippen molar-refractivity contribution in [1.82, 2.24) is 14.6 Å². The molecule has 0 radical (unpaired) electrons. The molecule has 4 aromatic carbocycles. The lowest BCUT2D eigenvalue weighted by molar-refractivity contribution is -0.120. The van der Waals surface area contributed by atoms with Crippen molar-refractivity contribution in [2.45, 2.75) is 29.5 Å². The number of nitrogens with one attached hydrogen (secondary N) is 2. The zero-order valence-corrected chi connectivity index (χ0v) is 26.9. The summed E-state index contributed by atoms with van der Waals surface area (Å²) in [7, 11) is -3.74. The normalized spacial score (nSPS) is 16.0. The van der Waals surface area contributed by atoms with Crippen LogP contribution in [0.5, 0.6) is 0 Å². The molecule has 1 aliphatic heterocycles. The molecule has 1 saturated heterocycles. The first-order valence-electron chi connectivity index (χ1n) is 14.9. The van der Waals surface area contributed by atoms with Gasteiger partial charge >= 0.3 is 6.09 Å². The Balaban J connectivity index is 1.08. The van der Waals surface area contributed by atoms with Gasteiger partial charge in [0.1, 0.15) is 18.0 Å². The summed E-state index contributed by atoms with van der Waals surface area (Å²) in [4.78, 5) is 32.6. The van der Waals surface area contributed by atoms with Crippen LogP contribution in [0.3, 0.4) is 0 Å². The van der Waals surface area contributed by atoms with Gasteiger partial charge in [-0.15, -0.1) is 11.8 Å². The van der Waals surface area contributed by atoms with E-state index in [2.05, 4.69) is 15.0 Å². The number of benzene rings is 4. The summed E-state index contributed by atoms with van der Waals surface area (Å²) in [6.07, 6.45) is 2.72. The third-order valence-electron chi connectivity index (χ3n) is 7.67. The Kier molecular flexibility index (Phi) is 9.96. The molecule has 0 bridgehead atoms. The molecule has 5 aromatic rings. The predicted molar refractivity (Wildman–Crippen MR) is 183 cm³/mol. The Bertz CT molecular complexity index is 1910. The summed E-state index contributed by atoms with van der Waals surface area (Å²) in [6.45, 7) is 0.160. The van der Waals surface area contributed by atoms with E-state index in [-0.39, 0.29) is 24.0 Å². The van der Waals surface area contributed by atoms with Crippen molar-refractivity contribution in [2.75, 3.05) is 11.1 Å². The molecule has 1 aromatic heterocycles. The number of sulfonamides is 1. The fraction of sp³-hybridized carbons (Fsp3) is 0.139. The van der Waals surface area contributed by atoms with Crippen LogP contribution in [0.15, 0.2) is 139 Å². The second-order valence-corrected chi connectivity index (χ2v) is 13.7. The third-order valence-corrected chi connectivity index (χ3v) is 10.4. The zero-order valence-electron chi connectivity index (χ0n) is 25.2. The average Bonchev–Trinajstić information content (AvgIpc) is 3.57. The van der Waals surface area contributed by atoms with Gasteiger partial charge in [0.05, 0.1) is 4.90 Å². The molecule has 11 heteroatoms. The van der Waals surface area contributed by atoms with Crippen LogP contribution in [-0.4, -0.2) is 42.1 Å². The van der Waals surface area contributed by atoms with Crippen molar-refractivity contribution < 1.29 is 22.7 Å². The van der Waals surface area contributed by atoms with Gasteiger partial charge in [-0.2, -0.15) is 0 Å². The summed E-state index contributed by atoms with van der Waals surface area (Å²) in [5, 5.41) is 2.49. The minimum Gasteiger partial charge on any atom is -0.444 e. The first-order chi connectivity index (χ1) is 22.9. The largest absolute Gasteiger partial charge is 0.444 e.